The first-order valence-electron chi connectivity index (χ1n) is 8.84. The summed E-state index contributed by atoms with van der Waals surface area (Å²) in [5.74, 6) is -0.416. The molecule has 1 saturated heterocycles. The number of alkyl halides is 3. The predicted molar refractivity (Wildman–Crippen MR) is 98.9 cm³/mol. The molecule has 3 rings (SSSR count). The molecule has 0 bridgehead atoms. The smallest absolute Gasteiger partial charge is 0.343 e. The molecule has 146 valence electrons. The van der Waals surface area contributed by atoms with Crippen LogP contribution in [-0.4, -0.2) is 23.5 Å². The summed E-state index contributed by atoms with van der Waals surface area (Å²) in [5.41, 5.74) is 0.162. The lowest BCUT2D eigenvalue weighted by molar-refractivity contribution is -0.137. The van der Waals surface area contributed by atoms with Crippen LogP contribution < -0.4 is 10.2 Å². The molecule has 0 unspecified atom stereocenters. The summed E-state index contributed by atoms with van der Waals surface area (Å²) < 4.78 is 40.2. The van der Waals surface area contributed by atoms with Crippen molar-refractivity contribution in [2.24, 2.45) is 0 Å². The van der Waals surface area contributed by atoms with Crippen molar-refractivity contribution >= 4 is 17.4 Å². The van der Waals surface area contributed by atoms with Crippen molar-refractivity contribution in [2.45, 2.75) is 38.9 Å². The number of carbonyl (C=O) groups is 1. The van der Waals surface area contributed by atoms with Gasteiger partial charge in [0.25, 0.3) is 0 Å². The molecule has 0 aliphatic carbocycles. The molecule has 1 fully saturated rings. The zero-order chi connectivity index (χ0) is 20.5. The lowest BCUT2D eigenvalue weighted by atomic mass is 10.1. The number of carbonyl (C=O) groups excluding carboxylic acids is 1. The second kappa shape index (κ2) is 7.50. The number of hydrogen-bond donors (Lipinski definition) is 1. The van der Waals surface area contributed by atoms with Gasteiger partial charge in [-0.15, -0.1) is 0 Å². The van der Waals surface area contributed by atoms with E-state index in [1.165, 1.54) is 11.8 Å². The van der Waals surface area contributed by atoms with Crippen molar-refractivity contribution in [1.29, 1.82) is 5.26 Å². The fourth-order valence-electron chi connectivity index (χ4n) is 3.44. The van der Waals surface area contributed by atoms with E-state index in [9.17, 15) is 23.2 Å². The number of anilines is 2. The summed E-state index contributed by atoms with van der Waals surface area (Å²) in [6, 6.07) is 9.07. The Kier molecular flexibility index (Phi) is 5.27. The molecule has 1 atom stereocenters. The molecule has 8 heteroatoms. The van der Waals surface area contributed by atoms with E-state index in [1.807, 2.05) is 25.1 Å². The van der Waals surface area contributed by atoms with Crippen LogP contribution in [0.1, 0.15) is 35.2 Å². The maximum Gasteiger partial charge on any atom is 0.417 e. The molecular formula is C20H19F3N4O. The van der Waals surface area contributed by atoms with Gasteiger partial charge in [0.05, 0.1) is 5.56 Å². The van der Waals surface area contributed by atoms with Gasteiger partial charge in [-0.2, -0.15) is 18.4 Å². The number of aryl methyl sites for hydroxylation is 2. The number of nitrogens with one attached hydrogen (secondary N) is 1. The SMILES string of the molecule is Cc1cccc(NC(=O)[C@@H]2CCCN2c2nc(C)cc(C(F)(F)F)c2C#N)c1. The molecule has 0 spiro atoms. The Morgan fingerprint density at radius 3 is 2.71 bits per heavy atom. The Labute approximate surface area is 160 Å². The first-order valence-corrected chi connectivity index (χ1v) is 8.84. The molecule has 0 radical (unpaired) electrons. The fraction of sp³-hybridized carbons (Fsp3) is 0.350. The van der Waals surface area contributed by atoms with Gasteiger partial charge in [-0.05, 0) is 50.5 Å². The van der Waals surface area contributed by atoms with Crippen LogP contribution in [0, 0.1) is 25.2 Å². The molecule has 0 saturated carbocycles. The first-order chi connectivity index (χ1) is 13.2. The van der Waals surface area contributed by atoms with Crippen molar-refractivity contribution < 1.29 is 18.0 Å². The summed E-state index contributed by atoms with van der Waals surface area (Å²) in [7, 11) is 0. The van der Waals surface area contributed by atoms with Gasteiger partial charge in [0.1, 0.15) is 23.5 Å². The molecular weight excluding hydrogens is 369 g/mol. The highest BCUT2D eigenvalue weighted by molar-refractivity contribution is 5.97. The third kappa shape index (κ3) is 3.93. The number of aromatic nitrogens is 1. The molecule has 1 aliphatic heterocycles. The highest BCUT2D eigenvalue weighted by atomic mass is 19.4. The van der Waals surface area contributed by atoms with Gasteiger partial charge < -0.3 is 10.2 Å². The molecule has 1 aromatic carbocycles. The lowest BCUT2D eigenvalue weighted by Crippen LogP contribution is -2.40. The third-order valence-electron chi connectivity index (χ3n) is 4.66. The Morgan fingerprint density at radius 2 is 2.07 bits per heavy atom. The van der Waals surface area contributed by atoms with Gasteiger partial charge in [-0.1, -0.05) is 12.1 Å². The van der Waals surface area contributed by atoms with Crippen LogP contribution in [0.2, 0.25) is 0 Å². The molecule has 1 aliphatic rings. The number of benzene rings is 1. The van der Waals surface area contributed by atoms with E-state index in [0.29, 0.717) is 25.1 Å². The maximum absolute atomic E-state index is 13.4. The summed E-state index contributed by atoms with van der Waals surface area (Å²) >= 11 is 0. The van der Waals surface area contributed by atoms with E-state index < -0.39 is 23.3 Å². The Hall–Kier alpha value is -3.08. The zero-order valence-corrected chi connectivity index (χ0v) is 15.5. The van der Waals surface area contributed by atoms with Crippen molar-refractivity contribution in [2.75, 3.05) is 16.8 Å². The number of halogens is 3. The summed E-state index contributed by atoms with van der Waals surface area (Å²) in [5, 5.41) is 12.2. The molecule has 1 N–H and O–H groups in total. The van der Waals surface area contributed by atoms with Gasteiger partial charge in [-0.3, -0.25) is 4.79 Å². The second-order valence-corrected chi connectivity index (χ2v) is 6.83. The lowest BCUT2D eigenvalue weighted by Gasteiger charge is -2.27. The fourth-order valence-corrected chi connectivity index (χ4v) is 3.44. The predicted octanol–water partition coefficient (Wildman–Crippen LogP) is 4.20. The van der Waals surface area contributed by atoms with Crippen molar-refractivity contribution in [1.82, 2.24) is 4.98 Å². The van der Waals surface area contributed by atoms with E-state index in [0.717, 1.165) is 11.6 Å². The molecule has 2 heterocycles. The maximum atomic E-state index is 13.4. The molecule has 28 heavy (non-hydrogen) atoms. The number of pyridine rings is 1. The van der Waals surface area contributed by atoms with Crippen LogP contribution >= 0.6 is 0 Å². The zero-order valence-electron chi connectivity index (χ0n) is 15.5. The van der Waals surface area contributed by atoms with Crippen molar-refractivity contribution in [3.05, 3.63) is 52.7 Å². The minimum atomic E-state index is -4.67. The molecule has 1 amide bonds. The minimum Gasteiger partial charge on any atom is -0.343 e. The minimum absolute atomic E-state index is 0.0864. The number of rotatable bonds is 3. The van der Waals surface area contributed by atoms with Gasteiger partial charge in [0.15, 0.2) is 0 Å². The number of nitrogens with zero attached hydrogens (tertiary/aromatic N) is 3. The van der Waals surface area contributed by atoms with Gasteiger partial charge in [0, 0.05) is 17.9 Å². The van der Waals surface area contributed by atoms with E-state index in [2.05, 4.69) is 10.3 Å². The van der Waals surface area contributed by atoms with Crippen LogP contribution in [0.4, 0.5) is 24.7 Å². The highest BCUT2D eigenvalue weighted by Crippen LogP contribution is 2.37. The van der Waals surface area contributed by atoms with Crippen molar-refractivity contribution in [3.63, 3.8) is 0 Å². The topological polar surface area (TPSA) is 69.0 Å². The van der Waals surface area contributed by atoms with E-state index in [1.54, 1.807) is 12.1 Å². The number of amides is 1. The van der Waals surface area contributed by atoms with Gasteiger partial charge in [0.2, 0.25) is 5.91 Å². The van der Waals surface area contributed by atoms with E-state index in [-0.39, 0.29) is 17.4 Å². The molecule has 5 nitrogen and oxygen atoms in total. The Bertz CT molecular complexity index is 949. The second-order valence-electron chi connectivity index (χ2n) is 6.83. The van der Waals surface area contributed by atoms with Crippen LogP contribution in [-0.2, 0) is 11.0 Å². The largest absolute Gasteiger partial charge is 0.417 e. The average molecular weight is 388 g/mol. The van der Waals surface area contributed by atoms with Gasteiger partial charge >= 0.3 is 6.18 Å². The van der Waals surface area contributed by atoms with E-state index >= 15 is 0 Å². The number of hydrogen-bond acceptors (Lipinski definition) is 4. The molecule has 1 aromatic heterocycles. The van der Waals surface area contributed by atoms with Crippen LogP contribution in [0.25, 0.3) is 0 Å². The normalized spacial score (nSPS) is 16.7. The van der Waals surface area contributed by atoms with Gasteiger partial charge in [-0.25, -0.2) is 4.98 Å². The summed E-state index contributed by atoms with van der Waals surface area (Å²) in [4.78, 5) is 18.5. The monoisotopic (exact) mass is 388 g/mol. The summed E-state index contributed by atoms with van der Waals surface area (Å²) in [6.07, 6.45) is -3.58. The van der Waals surface area contributed by atoms with E-state index in [4.69, 9.17) is 0 Å². The van der Waals surface area contributed by atoms with Crippen molar-refractivity contribution in [3.8, 4) is 6.07 Å². The first kappa shape index (κ1) is 19.7. The highest BCUT2D eigenvalue weighted by Gasteiger charge is 2.39. The third-order valence-corrected chi connectivity index (χ3v) is 4.66. The Morgan fingerprint density at radius 1 is 1.32 bits per heavy atom. The number of nitriles is 1. The quantitative estimate of drug-likeness (QED) is 0.856. The van der Waals surface area contributed by atoms with Crippen LogP contribution in [0.15, 0.2) is 30.3 Å². The average Bonchev–Trinajstić information content (AvgIpc) is 3.10. The Balaban J connectivity index is 1.96. The van der Waals surface area contributed by atoms with Crippen LogP contribution in [0.5, 0.6) is 0 Å². The van der Waals surface area contributed by atoms with Crippen LogP contribution in [0.3, 0.4) is 0 Å². The summed E-state index contributed by atoms with van der Waals surface area (Å²) in [6.45, 7) is 3.69. The molecule has 2 aromatic rings. The standard InChI is InChI=1S/C20H19F3N4O/c1-12-5-3-6-14(9-12)26-19(28)17-7-4-8-27(17)18-15(11-24)16(20(21,22)23)10-13(2)25-18/h3,5-6,9-10,17H,4,7-8H2,1-2H3,(H,26,28)/t17-/m0/s1.